The van der Waals surface area contributed by atoms with Crippen LogP contribution in [0.25, 0.3) is 10.8 Å². The van der Waals surface area contributed by atoms with Crippen LogP contribution >= 0.6 is 0 Å². The molecule has 23 heavy (non-hydrogen) atoms. The second kappa shape index (κ2) is 6.28. The van der Waals surface area contributed by atoms with Gasteiger partial charge in [0.15, 0.2) is 0 Å². The van der Waals surface area contributed by atoms with E-state index in [1.165, 1.54) is 16.5 Å². The van der Waals surface area contributed by atoms with Crippen LogP contribution in [0.15, 0.2) is 48.4 Å². The molecule has 120 valence electrons. The van der Waals surface area contributed by atoms with Gasteiger partial charge >= 0.3 is 0 Å². The van der Waals surface area contributed by atoms with Crippen molar-refractivity contribution in [3.8, 4) is 0 Å². The van der Waals surface area contributed by atoms with Crippen LogP contribution in [0, 0.1) is 5.92 Å². The molecule has 0 bridgehead atoms. The van der Waals surface area contributed by atoms with E-state index in [0.717, 1.165) is 42.9 Å². The van der Waals surface area contributed by atoms with Gasteiger partial charge in [0.2, 0.25) is 0 Å². The molecule has 0 spiro atoms. The maximum atomic E-state index is 9.87. The Kier molecular flexibility index (Phi) is 3.99. The van der Waals surface area contributed by atoms with Crippen LogP contribution < -0.4 is 10.7 Å². The van der Waals surface area contributed by atoms with Crippen molar-refractivity contribution in [3.05, 3.63) is 54.0 Å². The summed E-state index contributed by atoms with van der Waals surface area (Å²) in [6.07, 6.45) is 8.74. The average Bonchev–Trinajstić information content (AvgIpc) is 2.96. The third-order valence-electron chi connectivity index (χ3n) is 4.92. The zero-order valence-electron chi connectivity index (χ0n) is 13.1. The summed E-state index contributed by atoms with van der Waals surface area (Å²) in [7, 11) is 0. The molecule has 1 aromatic carbocycles. The van der Waals surface area contributed by atoms with Gasteiger partial charge in [0.05, 0.1) is 6.04 Å². The first kappa shape index (κ1) is 14.6. The Balaban J connectivity index is 1.55. The Morgan fingerprint density at radius 2 is 2.04 bits per heavy atom. The summed E-state index contributed by atoms with van der Waals surface area (Å²) in [6.45, 7) is 2.11. The van der Waals surface area contributed by atoms with Gasteiger partial charge < -0.3 is 5.32 Å². The van der Waals surface area contributed by atoms with Gasteiger partial charge in [-0.25, -0.2) is 5.43 Å². The maximum absolute atomic E-state index is 9.87. The maximum Gasteiger partial charge on any atom is 0.0556 e. The zero-order valence-corrected chi connectivity index (χ0v) is 13.1. The van der Waals surface area contributed by atoms with Gasteiger partial charge in [-0.15, -0.1) is 0 Å². The van der Waals surface area contributed by atoms with Crippen molar-refractivity contribution in [2.24, 2.45) is 5.92 Å². The predicted octanol–water partition coefficient (Wildman–Crippen LogP) is 2.24. The lowest BCUT2D eigenvalue weighted by Crippen LogP contribution is -2.38. The van der Waals surface area contributed by atoms with Crippen molar-refractivity contribution in [1.82, 2.24) is 20.9 Å². The first-order valence-corrected chi connectivity index (χ1v) is 8.29. The minimum atomic E-state index is 0.164. The van der Waals surface area contributed by atoms with Crippen molar-refractivity contribution < 1.29 is 5.21 Å². The summed E-state index contributed by atoms with van der Waals surface area (Å²) in [4.78, 5) is 4.20. The lowest BCUT2D eigenvalue weighted by molar-refractivity contribution is -0.0839. The van der Waals surface area contributed by atoms with Crippen LogP contribution in [-0.2, 0) is 6.42 Å². The van der Waals surface area contributed by atoms with Crippen molar-refractivity contribution >= 4 is 10.8 Å². The Morgan fingerprint density at radius 1 is 1.17 bits per heavy atom. The number of hydroxylamine groups is 1. The highest BCUT2D eigenvalue weighted by Gasteiger charge is 2.30. The van der Waals surface area contributed by atoms with Crippen LogP contribution in [0.1, 0.15) is 18.4 Å². The standard InChI is InChI=1S/C18H22N4O/c23-22-12-17(15-4-6-19-7-5-15)18(21-22)10-13-1-2-14-3-8-20-11-16(14)9-13/h1-3,8-9,11-12,15,18-19,21,23H,4-7,10H2. The summed E-state index contributed by atoms with van der Waals surface area (Å²) >= 11 is 0. The zero-order chi connectivity index (χ0) is 15.6. The van der Waals surface area contributed by atoms with Gasteiger partial charge in [0.1, 0.15) is 0 Å². The van der Waals surface area contributed by atoms with Crippen LogP contribution in [0.5, 0.6) is 0 Å². The molecule has 1 saturated heterocycles. The number of rotatable bonds is 3. The van der Waals surface area contributed by atoms with Gasteiger partial charge in [-0.1, -0.05) is 12.1 Å². The van der Waals surface area contributed by atoms with E-state index in [4.69, 9.17) is 0 Å². The Bertz CT molecular complexity index is 724. The summed E-state index contributed by atoms with van der Waals surface area (Å²) in [5.41, 5.74) is 5.74. The normalized spacial score (nSPS) is 22.6. The van der Waals surface area contributed by atoms with Crippen LogP contribution in [0.4, 0.5) is 0 Å². The molecule has 4 rings (SSSR count). The van der Waals surface area contributed by atoms with E-state index in [-0.39, 0.29) is 6.04 Å². The van der Waals surface area contributed by atoms with Crippen molar-refractivity contribution in [1.29, 1.82) is 0 Å². The molecule has 2 aromatic rings. The molecule has 2 aliphatic rings. The van der Waals surface area contributed by atoms with E-state index in [2.05, 4.69) is 33.9 Å². The second-order valence-corrected chi connectivity index (χ2v) is 6.44. The fourth-order valence-corrected chi connectivity index (χ4v) is 3.71. The second-order valence-electron chi connectivity index (χ2n) is 6.44. The number of nitrogens with zero attached hydrogens (tertiary/aromatic N) is 2. The fraction of sp³-hybridized carbons (Fsp3) is 0.389. The molecule has 2 aliphatic heterocycles. The topological polar surface area (TPSA) is 60.4 Å². The Morgan fingerprint density at radius 3 is 2.91 bits per heavy atom. The number of hydrogen-bond donors (Lipinski definition) is 3. The van der Waals surface area contributed by atoms with Crippen molar-refractivity contribution in [2.75, 3.05) is 13.1 Å². The molecule has 0 amide bonds. The predicted molar refractivity (Wildman–Crippen MR) is 89.7 cm³/mol. The molecule has 5 heteroatoms. The molecule has 3 N–H and O–H groups in total. The summed E-state index contributed by atoms with van der Waals surface area (Å²) in [5, 5.41) is 16.8. The fourth-order valence-electron chi connectivity index (χ4n) is 3.71. The molecular weight excluding hydrogens is 288 g/mol. The Labute approximate surface area is 135 Å². The van der Waals surface area contributed by atoms with Crippen LogP contribution in [0.2, 0.25) is 0 Å². The molecular formula is C18H22N4O. The van der Waals surface area contributed by atoms with Gasteiger partial charge in [-0.3, -0.25) is 10.2 Å². The number of hydrogen-bond acceptors (Lipinski definition) is 5. The molecule has 1 aromatic heterocycles. The highest BCUT2D eigenvalue weighted by Crippen LogP contribution is 2.29. The van der Waals surface area contributed by atoms with Crippen molar-refractivity contribution in [3.63, 3.8) is 0 Å². The SMILES string of the molecule is ON1C=C(C2CCNCC2)C(Cc2ccc3ccncc3c2)N1. The van der Waals surface area contributed by atoms with E-state index in [0.29, 0.717) is 5.92 Å². The molecule has 5 nitrogen and oxygen atoms in total. The highest BCUT2D eigenvalue weighted by molar-refractivity contribution is 5.82. The summed E-state index contributed by atoms with van der Waals surface area (Å²) in [5.74, 6) is 0.549. The molecule has 3 heterocycles. The largest absolute Gasteiger partial charge is 0.317 e. The monoisotopic (exact) mass is 310 g/mol. The highest BCUT2D eigenvalue weighted by atomic mass is 16.5. The molecule has 1 unspecified atom stereocenters. The number of benzene rings is 1. The summed E-state index contributed by atoms with van der Waals surface area (Å²) < 4.78 is 0. The van der Waals surface area contributed by atoms with Crippen molar-refractivity contribution in [2.45, 2.75) is 25.3 Å². The number of aromatic nitrogens is 1. The number of pyridine rings is 1. The van der Waals surface area contributed by atoms with Crippen LogP contribution in [-0.4, -0.2) is 34.5 Å². The lowest BCUT2D eigenvalue weighted by Gasteiger charge is -2.27. The van der Waals surface area contributed by atoms with Crippen LogP contribution in [0.3, 0.4) is 0 Å². The molecule has 0 radical (unpaired) electrons. The van der Waals surface area contributed by atoms with E-state index in [1.807, 2.05) is 24.7 Å². The first-order valence-electron chi connectivity index (χ1n) is 8.29. The Hall–Kier alpha value is -1.95. The molecule has 0 aliphatic carbocycles. The number of piperidine rings is 1. The minimum absolute atomic E-state index is 0.164. The smallest absolute Gasteiger partial charge is 0.0556 e. The molecule has 1 atom stereocenters. The van der Waals surface area contributed by atoms with E-state index < -0.39 is 0 Å². The summed E-state index contributed by atoms with van der Waals surface area (Å²) in [6, 6.07) is 8.71. The van der Waals surface area contributed by atoms with Gasteiger partial charge in [-0.2, -0.15) is 5.17 Å². The number of fused-ring (bicyclic) bond motifs is 1. The van der Waals surface area contributed by atoms with Gasteiger partial charge in [0, 0.05) is 24.0 Å². The van der Waals surface area contributed by atoms with E-state index in [9.17, 15) is 5.21 Å². The van der Waals surface area contributed by atoms with E-state index >= 15 is 0 Å². The molecule has 0 saturated carbocycles. The molecule has 1 fully saturated rings. The lowest BCUT2D eigenvalue weighted by atomic mass is 9.85. The van der Waals surface area contributed by atoms with E-state index in [1.54, 1.807) is 0 Å². The first-order chi connectivity index (χ1) is 11.3. The number of nitrogens with one attached hydrogen (secondary N) is 2. The quantitative estimate of drug-likeness (QED) is 0.811. The average molecular weight is 310 g/mol. The van der Waals surface area contributed by atoms with Gasteiger partial charge in [0.25, 0.3) is 0 Å². The third-order valence-corrected chi connectivity index (χ3v) is 4.92. The third kappa shape index (κ3) is 3.08. The number of hydrazine groups is 1. The van der Waals surface area contributed by atoms with Gasteiger partial charge in [-0.05, 0) is 66.9 Å². The minimum Gasteiger partial charge on any atom is -0.317 e.